The van der Waals surface area contributed by atoms with Gasteiger partial charge in [0.2, 0.25) is 0 Å². The second kappa shape index (κ2) is 5.23. The molecule has 20 heavy (non-hydrogen) atoms. The van der Waals surface area contributed by atoms with Gasteiger partial charge in [-0.1, -0.05) is 29.8 Å². The van der Waals surface area contributed by atoms with Crippen molar-refractivity contribution in [1.82, 2.24) is 0 Å². The van der Waals surface area contributed by atoms with Crippen molar-refractivity contribution in [2.45, 2.75) is 32.6 Å². The third-order valence-electron chi connectivity index (χ3n) is 3.45. The lowest BCUT2D eigenvalue weighted by molar-refractivity contribution is 0.609. The van der Waals surface area contributed by atoms with E-state index < -0.39 is 9.05 Å². The molecule has 106 valence electrons. The summed E-state index contributed by atoms with van der Waals surface area (Å²) in [5.74, 6) is 0. The largest absolute Gasteiger partial charge is 0.261 e. The van der Waals surface area contributed by atoms with Gasteiger partial charge in [-0.2, -0.15) is 0 Å². The lowest BCUT2D eigenvalue weighted by Gasteiger charge is -2.14. The van der Waals surface area contributed by atoms with Crippen LogP contribution in [-0.2, 0) is 9.05 Å². The Balaban J connectivity index is 2.82. The molecule has 0 N–H and O–H groups in total. The van der Waals surface area contributed by atoms with E-state index >= 15 is 0 Å². The molecule has 0 spiro atoms. The average Bonchev–Trinajstić information content (AvgIpc) is 2.33. The number of benzene rings is 2. The summed E-state index contributed by atoms with van der Waals surface area (Å²) in [6.45, 7) is 7.71. The van der Waals surface area contributed by atoms with Crippen LogP contribution in [0.25, 0.3) is 11.1 Å². The van der Waals surface area contributed by atoms with E-state index in [-0.39, 0.29) is 4.90 Å². The van der Waals surface area contributed by atoms with Gasteiger partial charge in [0, 0.05) is 10.7 Å². The Morgan fingerprint density at radius 3 is 2.05 bits per heavy atom. The van der Waals surface area contributed by atoms with Gasteiger partial charge in [-0.25, -0.2) is 8.42 Å². The molecule has 2 nitrogen and oxygen atoms in total. The van der Waals surface area contributed by atoms with Gasteiger partial charge >= 0.3 is 0 Å². The topological polar surface area (TPSA) is 34.1 Å². The van der Waals surface area contributed by atoms with Crippen LogP contribution >= 0.6 is 10.7 Å². The van der Waals surface area contributed by atoms with Crippen LogP contribution in [0.2, 0.25) is 0 Å². The lowest BCUT2D eigenvalue weighted by Crippen LogP contribution is -1.99. The normalized spacial score (nSPS) is 11.7. The summed E-state index contributed by atoms with van der Waals surface area (Å²) in [6, 6.07) is 9.78. The van der Waals surface area contributed by atoms with Crippen molar-refractivity contribution in [3.63, 3.8) is 0 Å². The van der Waals surface area contributed by atoms with Crippen molar-refractivity contribution in [2.75, 3.05) is 0 Å². The van der Waals surface area contributed by atoms with Crippen LogP contribution in [0, 0.1) is 27.7 Å². The Bertz CT molecular complexity index is 777. The molecular formula is C16H17ClO2S. The van der Waals surface area contributed by atoms with E-state index in [1.807, 2.05) is 39.0 Å². The van der Waals surface area contributed by atoms with E-state index in [1.165, 1.54) is 0 Å². The number of rotatable bonds is 2. The minimum Gasteiger partial charge on any atom is -0.207 e. The quantitative estimate of drug-likeness (QED) is 0.765. The minimum atomic E-state index is -3.74. The highest BCUT2D eigenvalue weighted by atomic mass is 35.7. The maximum Gasteiger partial charge on any atom is 0.261 e. The Morgan fingerprint density at radius 2 is 1.45 bits per heavy atom. The second-order valence-electron chi connectivity index (χ2n) is 5.19. The third-order valence-corrected chi connectivity index (χ3v) is 4.90. The predicted molar refractivity (Wildman–Crippen MR) is 83.9 cm³/mol. The van der Waals surface area contributed by atoms with Gasteiger partial charge in [0.15, 0.2) is 0 Å². The molecule has 2 rings (SSSR count). The van der Waals surface area contributed by atoms with Gasteiger partial charge in [-0.15, -0.1) is 0 Å². The summed E-state index contributed by atoms with van der Waals surface area (Å²) in [6.07, 6.45) is 0. The van der Waals surface area contributed by atoms with Crippen molar-refractivity contribution >= 4 is 19.7 Å². The summed E-state index contributed by atoms with van der Waals surface area (Å²) in [5, 5.41) is 0. The van der Waals surface area contributed by atoms with Crippen LogP contribution in [0.15, 0.2) is 35.2 Å². The number of aryl methyl sites for hydroxylation is 3. The zero-order valence-corrected chi connectivity index (χ0v) is 13.6. The molecule has 0 aliphatic heterocycles. The predicted octanol–water partition coefficient (Wildman–Crippen LogP) is 4.51. The molecule has 0 radical (unpaired) electrons. The molecule has 0 bridgehead atoms. The minimum absolute atomic E-state index is 0.190. The monoisotopic (exact) mass is 308 g/mol. The van der Waals surface area contributed by atoms with Gasteiger partial charge in [0.25, 0.3) is 9.05 Å². The summed E-state index contributed by atoms with van der Waals surface area (Å²) < 4.78 is 23.4. The van der Waals surface area contributed by atoms with Crippen LogP contribution in [0.1, 0.15) is 22.3 Å². The van der Waals surface area contributed by atoms with E-state index in [4.69, 9.17) is 10.7 Å². The van der Waals surface area contributed by atoms with Crippen molar-refractivity contribution in [2.24, 2.45) is 0 Å². The smallest absolute Gasteiger partial charge is 0.207 e. The molecular weight excluding hydrogens is 292 g/mol. The van der Waals surface area contributed by atoms with Gasteiger partial charge < -0.3 is 0 Å². The summed E-state index contributed by atoms with van der Waals surface area (Å²) >= 11 is 0. The van der Waals surface area contributed by atoms with Crippen LogP contribution in [0.3, 0.4) is 0 Å². The fraction of sp³-hybridized carbons (Fsp3) is 0.250. The van der Waals surface area contributed by atoms with E-state index in [9.17, 15) is 8.42 Å². The first-order valence-corrected chi connectivity index (χ1v) is 8.64. The Hall–Kier alpha value is -1.32. The third kappa shape index (κ3) is 2.89. The SMILES string of the molecule is Cc1ccc(C)c(-c2cc(C)cc(S(=O)(=O)Cl)c2C)c1. The molecule has 0 saturated carbocycles. The van der Waals surface area contributed by atoms with Crippen molar-refractivity contribution < 1.29 is 8.42 Å². The van der Waals surface area contributed by atoms with Gasteiger partial charge in [0.1, 0.15) is 0 Å². The summed E-state index contributed by atoms with van der Waals surface area (Å²) in [5.41, 5.74) is 5.80. The molecule has 2 aromatic rings. The Kier molecular flexibility index (Phi) is 3.94. The molecule has 0 heterocycles. The number of hydrogen-bond donors (Lipinski definition) is 0. The number of halogens is 1. The molecule has 0 fully saturated rings. The van der Waals surface area contributed by atoms with Crippen LogP contribution in [0.4, 0.5) is 0 Å². The fourth-order valence-corrected chi connectivity index (χ4v) is 3.67. The van der Waals surface area contributed by atoms with E-state index in [1.54, 1.807) is 13.0 Å². The van der Waals surface area contributed by atoms with Crippen LogP contribution in [-0.4, -0.2) is 8.42 Å². The standard InChI is InChI=1S/C16H17ClO2S/c1-10-5-6-12(3)14(7-10)15-8-11(2)9-16(13(15)4)20(17,18)19/h5-9H,1-4H3. The lowest BCUT2D eigenvalue weighted by atomic mass is 9.94. The van der Waals surface area contributed by atoms with Crippen molar-refractivity contribution in [3.05, 3.63) is 52.6 Å². The van der Waals surface area contributed by atoms with Crippen LogP contribution < -0.4 is 0 Å². The Morgan fingerprint density at radius 1 is 0.850 bits per heavy atom. The average molecular weight is 309 g/mol. The first-order valence-electron chi connectivity index (χ1n) is 6.33. The highest BCUT2D eigenvalue weighted by Crippen LogP contribution is 2.33. The zero-order valence-electron chi connectivity index (χ0n) is 12.0. The van der Waals surface area contributed by atoms with Crippen molar-refractivity contribution in [1.29, 1.82) is 0 Å². The molecule has 0 unspecified atom stereocenters. The first-order chi connectivity index (χ1) is 9.20. The number of hydrogen-bond acceptors (Lipinski definition) is 2. The van der Waals surface area contributed by atoms with E-state index in [2.05, 4.69) is 6.07 Å². The molecule has 4 heteroatoms. The highest BCUT2D eigenvalue weighted by Gasteiger charge is 2.18. The maximum absolute atomic E-state index is 11.7. The summed E-state index contributed by atoms with van der Waals surface area (Å²) in [4.78, 5) is 0.190. The molecule has 0 aliphatic carbocycles. The second-order valence-corrected chi connectivity index (χ2v) is 7.73. The van der Waals surface area contributed by atoms with E-state index in [0.717, 1.165) is 27.8 Å². The van der Waals surface area contributed by atoms with Gasteiger partial charge in [-0.05, 0) is 61.6 Å². The highest BCUT2D eigenvalue weighted by molar-refractivity contribution is 8.13. The van der Waals surface area contributed by atoms with Gasteiger partial charge in [-0.3, -0.25) is 0 Å². The Labute approximate surface area is 124 Å². The molecule has 0 saturated heterocycles. The van der Waals surface area contributed by atoms with Crippen LogP contribution in [0.5, 0.6) is 0 Å². The van der Waals surface area contributed by atoms with Crippen molar-refractivity contribution in [3.8, 4) is 11.1 Å². The summed E-state index contributed by atoms with van der Waals surface area (Å²) in [7, 11) is 1.80. The van der Waals surface area contributed by atoms with Gasteiger partial charge in [0.05, 0.1) is 4.90 Å². The van der Waals surface area contributed by atoms with E-state index in [0.29, 0.717) is 5.56 Å². The fourth-order valence-electron chi connectivity index (χ4n) is 2.38. The molecule has 0 atom stereocenters. The maximum atomic E-state index is 11.7. The molecule has 2 aromatic carbocycles. The molecule has 0 amide bonds. The first kappa shape index (κ1) is 15.1. The molecule has 0 aliphatic rings. The molecule has 0 aromatic heterocycles. The zero-order chi connectivity index (χ0) is 15.1.